The smallest absolute Gasteiger partial charge is 0.278 e. The van der Waals surface area contributed by atoms with Gasteiger partial charge < -0.3 is 0 Å². The van der Waals surface area contributed by atoms with Gasteiger partial charge in [0.05, 0.1) is 0 Å². The normalized spacial score (nSPS) is 10.2. The maximum Gasteiger partial charge on any atom is 0.280 e. The number of rotatable bonds is 3. The van der Waals surface area contributed by atoms with Gasteiger partial charge in [0.2, 0.25) is 0 Å². The number of nitrogens with one attached hydrogen (secondary N) is 1. The average Bonchev–Trinajstić information content (AvgIpc) is 2.92. The van der Waals surface area contributed by atoms with Crippen molar-refractivity contribution in [1.82, 2.24) is 14.5 Å². The van der Waals surface area contributed by atoms with Crippen LogP contribution in [-0.4, -0.2) is 40.4 Å². The number of hydrogen-bond donors (Lipinski definition) is 1. The molecule has 0 aromatic carbocycles. The molecule has 22 heavy (non-hydrogen) atoms. The lowest BCUT2D eigenvalue weighted by Crippen LogP contribution is -2.31. The summed E-state index contributed by atoms with van der Waals surface area (Å²) in [4.78, 5) is 11.5. The third-order valence-electron chi connectivity index (χ3n) is 1.56. The van der Waals surface area contributed by atoms with E-state index >= 15 is 0 Å². The van der Waals surface area contributed by atoms with Crippen molar-refractivity contribution in [3.63, 3.8) is 0 Å². The first kappa shape index (κ1) is 32.6. The molecule has 1 unspecified atom stereocenters. The van der Waals surface area contributed by atoms with Gasteiger partial charge in [-0.25, -0.2) is 4.21 Å². The summed E-state index contributed by atoms with van der Waals surface area (Å²) in [5, 5.41) is 3.93. The van der Waals surface area contributed by atoms with E-state index in [4.69, 9.17) is 0 Å². The SMILES string of the molecule is C.C=S(C)(=O)NC(=O)c1ccnn1CC.CC.CC.CC.[B]. The second kappa shape index (κ2) is 19.8. The van der Waals surface area contributed by atoms with E-state index in [0.29, 0.717) is 12.2 Å². The molecule has 0 bridgehead atoms. The van der Waals surface area contributed by atoms with E-state index in [2.05, 4.69) is 15.7 Å². The number of aromatic nitrogens is 2. The zero-order valence-electron chi connectivity index (χ0n) is 14.8. The fourth-order valence-electron chi connectivity index (χ4n) is 1.03. The molecule has 1 aromatic heterocycles. The van der Waals surface area contributed by atoms with Crippen LogP contribution in [0.2, 0.25) is 0 Å². The molecular formula is C15H35BN3O2S. The molecule has 131 valence electrons. The molecule has 3 radical (unpaired) electrons. The van der Waals surface area contributed by atoms with Crippen molar-refractivity contribution in [1.29, 1.82) is 0 Å². The Balaban J connectivity index is -0.000000108. The Morgan fingerprint density at radius 3 is 2.00 bits per heavy atom. The highest BCUT2D eigenvalue weighted by molar-refractivity contribution is 7.98. The maximum atomic E-state index is 11.5. The molecule has 0 aliphatic rings. The molecule has 0 saturated heterocycles. The molecular weight excluding hydrogens is 297 g/mol. The molecule has 1 rings (SSSR count). The van der Waals surface area contributed by atoms with Gasteiger partial charge in [-0.1, -0.05) is 49.0 Å². The molecule has 7 heteroatoms. The zero-order valence-corrected chi connectivity index (χ0v) is 15.6. The third-order valence-corrected chi connectivity index (χ3v) is 2.17. The van der Waals surface area contributed by atoms with Gasteiger partial charge in [0.1, 0.15) is 5.69 Å². The Morgan fingerprint density at radius 1 is 1.27 bits per heavy atom. The summed E-state index contributed by atoms with van der Waals surface area (Å²) >= 11 is 0. The van der Waals surface area contributed by atoms with Crippen LogP contribution < -0.4 is 4.72 Å². The highest BCUT2D eigenvalue weighted by Crippen LogP contribution is 1.98. The number of nitrogens with zero attached hydrogens (tertiary/aromatic N) is 2. The summed E-state index contributed by atoms with van der Waals surface area (Å²) in [5.74, 6) is 2.93. The Bertz CT molecular complexity index is 443. The highest BCUT2D eigenvalue weighted by Gasteiger charge is 2.12. The summed E-state index contributed by atoms with van der Waals surface area (Å²) in [5.41, 5.74) is 0.394. The van der Waals surface area contributed by atoms with Crippen molar-refractivity contribution in [2.45, 2.75) is 62.4 Å². The molecule has 1 atom stereocenters. The van der Waals surface area contributed by atoms with Crippen LogP contribution in [0.15, 0.2) is 12.3 Å². The van der Waals surface area contributed by atoms with Gasteiger partial charge >= 0.3 is 0 Å². The maximum absolute atomic E-state index is 11.5. The molecule has 0 aliphatic heterocycles. The number of carbonyl (C=O) groups is 1. The van der Waals surface area contributed by atoms with Crippen molar-refractivity contribution in [2.24, 2.45) is 0 Å². The van der Waals surface area contributed by atoms with Gasteiger partial charge in [-0.15, -0.1) is 0 Å². The fraction of sp³-hybridized carbons (Fsp3) is 0.667. The van der Waals surface area contributed by atoms with Crippen LogP contribution in [0.5, 0.6) is 0 Å². The van der Waals surface area contributed by atoms with E-state index in [-0.39, 0.29) is 15.8 Å². The van der Waals surface area contributed by atoms with E-state index in [0.717, 1.165) is 0 Å². The summed E-state index contributed by atoms with van der Waals surface area (Å²) in [6, 6.07) is 1.57. The number of aryl methyl sites for hydroxylation is 1. The van der Waals surface area contributed by atoms with Crippen LogP contribution in [0.25, 0.3) is 0 Å². The van der Waals surface area contributed by atoms with Gasteiger partial charge in [-0.3, -0.25) is 14.2 Å². The monoisotopic (exact) mass is 332 g/mol. The van der Waals surface area contributed by atoms with E-state index in [1.165, 1.54) is 17.1 Å². The predicted molar refractivity (Wildman–Crippen MR) is 103 cm³/mol. The third kappa shape index (κ3) is 15.2. The van der Waals surface area contributed by atoms with Gasteiger partial charge in [-0.2, -0.15) is 5.10 Å². The van der Waals surface area contributed by atoms with Crippen LogP contribution in [0.3, 0.4) is 0 Å². The zero-order chi connectivity index (χ0) is 16.8. The standard InChI is InChI=1S/C8H13N3O2S.3C2H6.CH4.B/c1-4-11-7(5-6-9-11)8(12)10-14(2,3)13;3*1-2;;/h5-6H,2,4H2,1,3H3,(H,10,12,13);3*1-2H3;1H4;. The lowest BCUT2D eigenvalue weighted by atomic mass is 10.4. The van der Waals surface area contributed by atoms with Crippen LogP contribution >= 0.6 is 0 Å². The minimum absolute atomic E-state index is 0. The van der Waals surface area contributed by atoms with E-state index in [1.54, 1.807) is 6.07 Å². The summed E-state index contributed by atoms with van der Waals surface area (Å²) < 4.78 is 15.1. The summed E-state index contributed by atoms with van der Waals surface area (Å²) in [7, 11) is -2.52. The topological polar surface area (TPSA) is 64.0 Å². The van der Waals surface area contributed by atoms with Gasteiger partial charge in [0.15, 0.2) is 0 Å². The Kier molecular flexibility index (Phi) is 29.3. The van der Waals surface area contributed by atoms with Gasteiger partial charge in [0.25, 0.3) is 5.91 Å². The van der Waals surface area contributed by atoms with Crippen molar-refractivity contribution < 1.29 is 9.00 Å². The van der Waals surface area contributed by atoms with Crippen molar-refractivity contribution >= 4 is 29.9 Å². The summed E-state index contributed by atoms with van der Waals surface area (Å²) in [6.07, 6.45) is 2.90. The number of carbonyl (C=O) groups excluding carboxylic acids is 1. The lowest BCUT2D eigenvalue weighted by molar-refractivity contribution is 0.0972. The van der Waals surface area contributed by atoms with Crippen molar-refractivity contribution in [3.8, 4) is 0 Å². The molecule has 0 aliphatic carbocycles. The lowest BCUT2D eigenvalue weighted by Gasteiger charge is -2.06. The molecule has 0 saturated carbocycles. The summed E-state index contributed by atoms with van der Waals surface area (Å²) in [6.45, 7) is 14.5. The first-order chi connectivity index (χ1) is 9.44. The molecule has 0 spiro atoms. The number of hydrogen-bond acceptors (Lipinski definition) is 3. The second-order valence-corrected chi connectivity index (χ2v) is 5.18. The van der Waals surface area contributed by atoms with Crippen molar-refractivity contribution in [3.05, 3.63) is 18.0 Å². The van der Waals surface area contributed by atoms with Gasteiger partial charge in [0, 0.05) is 37.1 Å². The Labute approximate surface area is 140 Å². The molecule has 1 amide bonds. The number of amides is 1. The van der Waals surface area contributed by atoms with E-state index in [1.807, 2.05) is 48.5 Å². The second-order valence-electron chi connectivity index (χ2n) is 2.97. The van der Waals surface area contributed by atoms with Crippen LogP contribution in [-0.2, 0) is 16.3 Å². The van der Waals surface area contributed by atoms with Crippen molar-refractivity contribution in [2.75, 3.05) is 6.26 Å². The minimum atomic E-state index is -2.52. The molecule has 1 N–H and O–H groups in total. The highest BCUT2D eigenvalue weighted by atomic mass is 32.2. The Morgan fingerprint density at radius 2 is 1.68 bits per heavy atom. The average molecular weight is 332 g/mol. The van der Waals surface area contributed by atoms with Crippen LogP contribution in [0.1, 0.15) is 66.4 Å². The fourth-order valence-corrected chi connectivity index (χ4v) is 1.52. The molecule has 1 heterocycles. The Hall–Kier alpha value is -1.24. The van der Waals surface area contributed by atoms with E-state index in [9.17, 15) is 9.00 Å². The molecule has 1 aromatic rings. The largest absolute Gasteiger partial charge is 0.280 e. The van der Waals surface area contributed by atoms with Gasteiger partial charge in [-0.05, 0) is 18.9 Å². The first-order valence-electron chi connectivity index (χ1n) is 7.10. The van der Waals surface area contributed by atoms with Crippen LogP contribution in [0.4, 0.5) is 0 Å². The minimum Gasteiger partial charge on any atom is -0.278 e. The first-order valence-corrected chi connectivity index (χ1v) is 9.23. The predicted octanol–water partition coefficient (Wildman–Crippen LogP) is 3.23. The molecule has 0 fully saturated rings. The van der Waals surface area contributed by atoms with E-state index < -0.39 is 15.6 Å². The van der Waals surface area contributed by atoms with Crippen LogP contribution in [0, 0.1) is 0 Å². The molecule has 5 nitrogen and oxygen atoms in total. The quantitative estimate of drug-likeness (QED) is 0.683.